The molecule has 25 nitrogen and oxygen atoms in total. The summed E-state index contributed by atoms with van der Waals surface area (Å²) in [4.78, 5) is 110. The number of aliphatic hydroxyl groups is 1. The SMILES string of the molecule is CC[C@@]1(O)C(=O)OCc2c1cc1n(c2=O)Cc2c-1nc1cc(F)c(C)c3c1c2[C@@H](NC(=O)OCc1ccc(NC(=O)[C@H](C)CNC(=O)[C@H](C)NC(=O)[C@@H](NC(=O)OCCOCCNS(=O)(=O)NC(=O)OC[C@@H]2[C@@H]4CC/C=C(\C)CC[C@@H]42)C(C)C)cc1)CC3. The first-order valence-corrected chi connectivity index (χ1v) is 31.2. The summed E-state index contributed by atoms with van der Waals surface area (Å²) in [5, 5.41) is 25.5. The second-order valence-electron chi connectivity index (χ2n) is 23.6. The van der Waals surface area contributed by atoms with Crippen LogP contribution in [0.25, 0.3) is 22.3 Å². The number of nitrogens with one attached hydrogen (secondary N) is 7. The quantitative estimate of drug-likeness (QED) is 0.0177. The lowest BCUT2D eigenvalue weighted by molar-refractivity contribution is -0.172. The van der Waals surface area contributed by atoms with Gasteiger partial charge in [0.25, 0.3) is 5.56 Å². The van der Waals surface area contributed by atoms with Gasteiger partial charge >= 0.3 is 34.5 Å². The number of anilines is 1. The van der Waals surface area contributed by atoms with Gasteiger partial charge in [0.05, 0.1) is 60.8 Å². The Kier molecular flexibility index (Phi) is 19.9. The molecule has 9 rings (SSSR count). The zero-order valence-corrected chi connectivity index (χ0v) is 51.0. The fourth-order valence-electron chi connectivity index (χ4n) is 12.1. The van der Waals surface area contributed by atoms with Crippen LogP contribution in [0.2, 0.25) is 0 Å². The number of ether oxygens (including phenoxy) is 5. The molecule has 0 radical (unpaired) electrons. The molecule has 1 fully saturated rings. The molecule has 2 aliphatic heterocycles. The molecular weight excluding hydrogens is 1170 g/mol. The number of fused-ring (bicyclic) bond motifs is 6. The van der Waals surface area contributed by atoms with Crippen LogP contribution in [0.1, 0.15) is 125 Å². The van der Waals surface area contributed by atoms with Crippen molar-refractivity contribution in [3.63, 3.8) is 0 Å². The summed E-state index contributed by atoms with van der Waals surface area (Å²) in [5.74, 6) is -2.96. The summed E-state index contributed by atoms with van der Waals surface area (Å²) >= 11 is 0. The number of pyridine rings is 2. The van der Waals surface area contributed by atoms with Gasteiger partial charge in [-0.05, 0) is 130 Å². The van der Waals surface area contributed by atoms with Crippen LogP contribution in [0.15, 0.2) is 52.8 Å². The number of allylic oxidation sites excluding steroid dienone is 2. The maximum absolute atomic E-state index is 15.4. The first-order chi connectivity index (χ1) is 41.9. The Bertz CT molecular complexity index is 3620. The van der Waals surface area contributed by atoms with Gasteiger partial charge in [0, 0.05) is 41.4 Å². The molecule has 6 amide bonds. The Morgan fingerprint density at radius 1 is 0.864 bits per heavy atom. The van der Waals surface area contributed by atoms with Gasteiger partial charge in [-0.3, -0.25) is 19.2 Å². The van der Waals surface area contributed by atoms with E-state index in [0.717, 1.165) is 31.2 Å². The summed E-state index contributed by atoms with van der Waals surface area (Å²) in [5.41, 5.74) is 3.70. The number of carbonyl (C=O) groups is 7. The molecule has 27 heteroatoms. The zero-order chi connectivity index (χ0) is 63.4. The average molecular weight is 1240 g/mol. The molecule has 88 heavy (non-hydrogen) atoms. The van der Waals surface area contributed by atoms with Crippen LogP contribution < -0.4 is 41.6 Å². The number of carbonyl (C=O) groups excluding carboxylic acids is 7. The van der Waals surface area contributed by atoms with Crippen molar-refractivity contribution in [2.24, 2.45) is 29.6 Å². The first kappa shape index (κ1) is 64.5. The molecule has 474 valence electrons. The molecule has 8 atom stereocenters. The number of rotatable bonds is 23. The highest BCUT2D eigenvalue weighted by Crippen LogP contribution is 2.53. The third-order valence-corrected chi connectivity index (χ3v) is 18.3. The topological polar surface area (TPSA) is 339 Å². The third-order valence-electron chi connectivity index (χ3n) is 17.3. The molecule has 0 spiro atoms. The smallest absolute Gasteiger partial charge is 0.421 e. The van der Waals surface area contributed by atoms with Crippen LogP contribution in [0.4, 0.5) is 24.5 Å². The fraction of sp³-hybridized carbons (Fsp3) is 0.525. The summed E-state index contributed by atoms with van der Waals surface area (Å²) in [7, 11) is -4.22. The molecule has 0 bridgehead atoms. The summed E-state index contributed by atoms with van der Waals surface area (Å²) in [6.45, 7) is 10.8. The van der Waals surface area contributed by atoms with Gasteiger partial charge in [-0.15, -0.1) is 0 Å². The molecule has 2 aromatic carbocycles. The number of benzene rings is 2. The molecule has 0 unspecified atom stereocenters. The highest BCUT2D eigenvalue weighted by Gasteiger charge is 2.50. The minimum Gasteiger partial charge on any atom is -0.458 e. The van der Waals surface area contributed by atoms with Crippen LogP contribution >= 0.6 is 0 Å². The normalized spacial score (nSPS) is 21.4. The van der Waals surface area contributed by atoms with E-state index < -0.39 is 99.1 Å². The molecular formula is C61H76FN9O16S. The van der Waals surface area contributed by atoms with Gasteiger partial charge in [-0.25, -0.2) is 33.3 Å². The van der Waals surface area contributed by atoms with Crippen molar-refractivity contribution >= 4 is 68.8 Å². The molecule has 4 aromatic rings. The standard InChI is InChI=1S/C61H76FN9O16S/c1-8-61(80)44-24-48-52-41(27-71(48)56(75)43(44)30-85-57(61)76)50-46(19-18-38-34(6)45(62)25-47(67-52)49(38)50)68-58(77)86-28-36-13-15-37(16-14-36)66-53(72)33(5)26-63-54(73)35(7)65-55(74)51(31(2)3)69-59(78)84-23-22-83-21-20-64-88(81,82)70-60(79)87-29-42-39-11-9-10-32(4)12-17-40(39)42/h10,13-16,24-25,31,33,35,39-40,42,46,51,64,80H,8-9,11-12,17-23,26-30H2,1-7H3,(H,63,73)(H,65,74)(H,66,72)(H,68,77)(H,69,78)(H,70,79)/b32-10+/t33-,35+,39-,40+,42-,46+,51+,61+/m1/s1. The Hall–Kier alpha value is -8.01. The number of aromatic nitrogens is 2. The van der Waals surface area contributed by atoms with Gasteiger partial charge < -0.3 is 59.9 Å². The van der Waals surface area contributed by atoms with Crippen LogP contribution in [0, 0.1) is 42.3 Å². The van der Waals surface area contributed by atoms with Gasteiger partial charge in [-0.2, -0.15) is 13.1 Å². The fourth-order valence-corrected chi connectivity index (χ4v) is 12.8. The van der Waals surface area contributed by atoms with Crippen LogP contribution in [0.5, 0.6) is 0 Å². The van der Waals surface area contributed by atoms with Crippen molar-refractivity contribution in [1.82, 2.24) is 40.3 Å². The van der Waals surface area contributed by atoms with E-state index in [4.69, 9.17) is 28.7 Å². The summed E-state index contributed by atoms with van der Waals surface area (Å²) in [6.07, 6.45) is 4.30. The van der Waals surface area contributed by atoms with E-state index in [2.05, 4.69) is 44.3 Å². The zero-order valence-electron chi connectivity index (χ0n) is 50.2. The number of alkyl carbamates (subject to hydrolysis) is 2. The van der Waals surface area contributed by atoms with Crippen molar-refractivity contribution in [3.05, 3.63) is 103 Å². The predicted molar refractivity (Wildman–Crippen MR) is 316 cm³/mol. The van der Waals surface area contributed by atoms with Crippen LogP contribution in [-0.2, 0) is 84.9 Å². The van der Waals surface area contributed by atoms with Crippen molar-refractivity contribution in [1.29, 1.82) is 0 Å². The predicted octanol–water partition coefficient (Wildman–Crippen LogP) is 5.35. The lowest BCUT2D eigenvalue weighted by atomic mass is 9.81. The second kappa shape index (κ2) is 27.2. The summed E-state index contributed by atoms with van der Waals surface area (Å²) in [6, 6.07) is 6.67. The van der Waals surface area contributed by atoms with Crippen LogP contribution in [-0.4, -0.2) is 117 Å². The lowest BCUT2D eigenvalue weighted by Gasteiger charge is -2.31. The number of hydrogen-bond donors (Lipinski definition) is 8. The van der Waals surface area contributed by atoms with E-state index in [0.29, 0.717) is 74.9 Å². The van der Waals surface area contributed by atoms with Gasteiger partial charge in [-0.1, -0.05) is 51.5 Å². The monoisotopic (exact) mass is 1240 g/mol. The van der Waals surface area contributed by atoms with Crippen LogP contribution in [0.3, 0.4) is 0 Å². The first-order valence-electron chi connectivity index (χ1n) is 29.7. The van der Waals surface area contributed by atoms with Crippen molar-refractivity contribution < 1.29 is 75.2 Å². The number of aryl methyl sites for hydroxylation is 1. The Balaban J connectivity index is 0.674. The van der Waals surface area contributed by atoms with Crippen molar-refractivity contribution in [2.45, 2.75) is 137 Å². The van der Waals surface area contributed by atoms with E-state index >= 15 is 4.39 Å². The van der Waals surface area contributed by atoms with Crippen molar-refractivity contribution in [2.75, 3.05) is 44.8 Å². The minimum atomic E-state index is -4.22. The van der Waals surface area contributed by atoms with E-state index in [9.17, 15) is 51.9 Å². The highest BCUT2D eigenvalue weighted by molar-refractivity contribution is 7.88. The number of amides is 6. The maximum atomic E-state index is 15.4. The Labute approximate surface area is 508 Å². The molecule has 0 saturated heterocycles. The number of cyclic esters (lactones) is 1. The van der Waals surface area contributed by atoms with Gasteiger partial charge in [0.2, 0.25) is 17.7 Å². The average Bonchev–Trinajstić information content (AvgIpc) is 1.53. The van der Waals surface area contributed by atoms with E-state index in [-0.39, 0.29) is 82.7 Å². The molecule has 5 aliphatic rings. The highest BCUT2D eigenvalue weighted by atomic mass is 32.2. The van der Waals surface area contributed by atoms with Crippen molar-refractivity contribution in [3.8, 4) is 11.4 Å². The Morgan fingerprint density at radius 2 is 1.61 bits per heavy atom. The summed E-state index contributed by atoms with van der Waals surface area (Å²) < 4.78 is 72.2. The molecule has 2 aromatic heterocycles. The van der Waals surface area contributed by atoms with Gasteiger partial charge in [0.1, 0.15) is 37.7 Å². The number of hydrogen-bond acceptors (Lipinski definition) is 17. The van der Waals surface area contributed by atoms with E-state index in [1.54, 1.807) is 65.0 Å². The molecule has 4 heterocycles. The van der Waals surface area contributed by atoms with Gasteiger partial charge in [0.15, 0.2) is 5.60 Å². The molecule has 3 aliphatic carbocycles. The molecule has 8 N–H and O–H groups in total. The maximum Gasteiger partial charge on any atom is 0.421 e. The van der Waals surface area contributed by atoms with E-state index in [1.165, 1.54) is 23.1 Å². The number of nitrogens with zero attached hydrogens (tertiary/aromatic N) is 2. The third kappa shape index (κ3) is 14.4. The number of halogens is 1. The second-order valence-corrected chi connectivity index (χ2v) is 25.1. The largest absolute Gasteiger partial charge is 0.458 e. The lowest BCUT2D eigenvalue weighted by Crippen LogP contribution is -2.55. The number of esters is 1. The molecule has 1 saturated carbocycles. The van der Waals surface area contributed by atoms with E-state index in [1.807, 2.05) is 4.72 Å². The Morgan fingerprint density at radius 3 is 2.35 bits per heavy atom. The minimum absolute atomic E-state index is 0.0411.